The summed E-state index contributed by atoms with van der Waals surface area (Å²) in [6.45, 7) is 1.89. The third kappa shape index (κ3) is 2.62. The molecule has 18 heavy (non-hydrogen) atoms. The first-order valence-electron chi connectivity index (χ1n) is 5.30. The normalized spacial score (nSPS) is 12.1. The van der Waals surface area contributed by atoms with Crippen molar-refractivity contribution < 1.29 is 9.34 Å². The van der Waals surface area contributed by atoms with Crippen LogP contribution in [0.5, 0.6) is 0 Å². The summed E-state index contributed by atoms with van der Waals surface area (Å²) in [7, 11) is 0. The minimum absolute atomic E-state index is 0.0437. The van der Waals surface area contributed by atoms with Gasteiger partial charge >= 0.3 is 0 Å². The first-order chi connectivity index (χ1) is 8.58. The van der Waals surface area contributed by atoms with Gasteiger partial charge in [0.25, 0.3) is 5.69 Å². The van der Waals surface area contributed by atoms with Crippen LogP contribution in [0.25, 0.3) is 0 Å². The monoisotopic (exact) mass is 266 g/mol. The number of halogens is 1. The van der Waals surface area contributed by atoms with Crippen LogP contribution in [-0.2, 0) is 0 Å². The number of rotatable bonds is 4. The second-order valence-corrected chi connectivity index (χ2v) is 4.28. The van der Waals surface area contributed by atoms with E-state index >= 15 is 0 Å². The van der Waals surface area contributed by atoms with Gasteiger partial charge in [-0.2, -0.15) is 0 Å². The molecule has 1 N–H and O–H groups in total. The highest BCUT2D eigenvalue weighted by atomic mass is 35.5. The van der Waals surface area contributed by atoms with Gasteiger partial charge in [0.1, 0.15) is 5.69 Å². The number of benzene rings is 1. The summed E-state index contributed by atoms with van der Waals surface area (Å²) in [4.78, 5) is 10.5. The molecule has 0 fully saturated rings. The van der Waals surface area contributed by atoms with Gasteiger partial charge < -0.3 is 9.73 Å². The van der Waals surface area contributed by atoms with E-state index in [1.165, 1.54) is 6.07 Å². The Labute approximate surface area is 109 Å². The average Bonchev–Trinajstić information content (AvgIpc) is 2.84. The van der Waals surface area contributed by atoms with E-state index < -0.39 is 4.92 Å². The SMILES string of the molecule is CC(Nc1ccc(Cl)cc1[N+](=O)[O-])c1ccoc1. The van der Waals surface area contributed by atoms with Crippen LogP contribution in [-0.4, -0.2) is 4.92 Å². The van der Waals surface area contributed by atoms with Gasteiger partial charge in [0, 0.05) is 16.7 Å². The molecule has 0 radical (unpaired) electrons. The summed E-state index contributed by atoms with van der Waals surface area (Å²) in [6, 6.07) is 6.24. The molecule has 6 heteroatoms. The van der Waals surface area contributed by atoms with Crippen molar-refractivity contribution in [1.29, 1.82) is 0 Å². The minimum atomic E-state index is -0.462. The van der Waals surface area contributed by atoms with Crippen LogP contribution in [0.4, 0.5) is 11.4 Å². The van der Waals surface area contributed by atoms with Crippen molar-refractivity contribution in [2.24, 2.45) is 0 Å². The van der Waals surface area contributed by atoms with Gasteiger partial charge in [-0.3, -0.25) is 10.1 Å². The Morgan fingerprint density at radius 1 is 1.44 bits per heavy atom. The van der Waals surface area contributed by atoms with Gasteiger partial charge in [-0.15, -0.1) is 0 Å². The van der Waals surface area contributed by atoms with E-state index in [1.54, 1.807) is 30.7 Å². The van der Waals surface area contributed by atoms with E-state index in [0.717, 1.165) is 5.56 Å². The molecule has 0 aliphatic carbocycles. The molecule has 0 aliphatic heterocycles. The van der Waals surface area contributed by atoms with Crippen molar-refractivity contribution in [3.05, 3.63) is 57.5 Å². The van der Waals surface area contributed by atoms with Crippen molar-refractivity contribution in [1.82, 2.24) is 0 Å². The van der Waals surface area contributed by atoms with E-state index in [1.807, 2.05) is 6.92 Å². The largest absolute Gasteiger partial charge is 0.472 e. The molecule has 0 bridgehead atoms. The molecule has 2 aromatic rings. The van der Waals surface area contributed by atoms with Gasteiger partial charge in [0.2, 0.25) is 0 Å². The van der Waals surface area contributed by atoms with Crippen LogP contribution in [0, 0.1) is 10.1 Å². The summed E-state index contributed by atoms with van der Waals surface area (Å²) in [5, 5.41) is 14.3. The predicted molar refractivity (Wildman–Crippen MR) is 68.9 cm³/mol. The molecular formula is C12H11ClN2O3. The molecule has 1 heterocycles. The second-order valence-electron chi connectivity index (χ2n) is 3.84. The molecule has 1 atom stereocenters. The zero-order valence-corrected chi connectivity index (χ0v) is 10.3. The highest BCUT2D eigenvalue weighted by Gasteiger charge is 2.16. The standard InChI is InChI=1S/C12H11ClN2O3/c1-8(9-4-5-18-7-9)14-11-3-2-10(13)6-12(11)15(16)17/h2-8,14H,1H3. The molecule has 0 aliphatic rings. The summed E-state index contributed by atoms with van der Waals surface area (Å²) >= 11 is 5.75. The zero-order chi connectivity index (χ0) is 13.1. The van der Waals surface area contributed by atoms with E-state index in [4.69, 9.17) is 16.0 Å². The van der Waals surface area contributed by atoms with Crippen LogP contribution < -0.4 is 5.32 Å². The minimum Gasteiger partial charge on any atom is -0.472 e. The number of anilines is 1. The van der Waals surface area contributed by atoms with E-state index in [-0.39, 0.29) is 11.7 Å². The fraction of sp³-hybridized carbons (Fsp3) is 0.167. The molecule has 94 valence electrons. The zero-order valence-electron chi connectivity index (χ0n) is 9.59. The van der Waals surface area contributed by atoms with Gasteiger partial charge in [-0.25, -0.2) is 0 Å². The number of furan rings is 1. The molecule has 1 unspecified atom stereocenters. The van der Waals surface area contributed by atoms with Gasteiger partial charge in [0.05, 0.1) is 23.5 Å². The topological polar surface area (TPSA) is 68.3 Å². The number of hydrogen-bond donors (Lipinski definition) is 1. The molecule has 5 nitrogen and oxygen atoms in total. The number of nitrogens with zero attached hydrogens (tertiary/aromatic N) is 1. The molecule has 0 amide bonds. The Bertz CT molecular complexity index is 554. The maximum Gasteiger partial charge on any atom is 0.293 e. The molecule has 0 saturated heterocycles. The van der Waals surface area contributed by atoms with Gasteiger partial charge in [0.15, 0.2) is 0 Å². The fourth-order valence-corrected chi connectivity index (χ4v) is 1.78. The average molecular weight is 267 g/mol. The number of nitro groups is 1. The third-order valence-electron chi connectivity index (χ3n) is 2.57. The summed E-state index contributed by atoms with van der Waals surface area (Å²) in [5.74, 6) is 0. The van der Waals surface area contributed by atoms with Crippen molar-refractivity contribution in [2.75, 3.05) is 5.32 Å². The Morgan fingerprint density at radius 2 is 2.22 bits per heavy atom. The highest BCUT2D eigenvalue weighted by Crippen LogP contribution is 2.30. The van der Waals surface area contributed by atoms with Crippen LogP contribution in [0.2, 0.25) is 5.02 Å². The predicted octanol–water partition coefficient (Wildman–Crippen LogP) is 4.01. The Kier molecular flexibility index (Phi) is 3.53. The van der Waals surface area contributed by atoms with Crippen molar-refractivity contribution >= 4 is 23.0 Å². The van der Waals surface area contributed by atoms with Crippen molar-refractivity contribution in [3.8, 4) is 0 Å². The molecular weight excluding hydrogens is 256 g/mol. The molecule has 0 saturated carbocycles. The van der Waals surface area contributed by atoms with Crippen LogP contribution in [0.3, 0.4) is 0 Å². The Morgan fingerprint density at radius 3 is 2.83 bits per heavy atom. The number of nitro benzene ring substituents is 1. The Hall–Kier alpha value is -2.01. The maximum atomic E-state index is 10.9. The first kappa shape index (κ1) is 12.4. The lowest BCUT2D eigenvalue weighted by Gasteiger charge is -2.13. The van der Waals surface area contributed by atoms with Crippen molar-refractivity contribution in [2.45, 2.75) is 13.0 Å². The highest BCUT2D eigenvalue weighted by molar-refractivity contribution is 6.30. The van der Waals surface area contributed by atoms with Crippen LogP contribution in [0.1, 0.15) is 18.5 Å². The van der Waals surface area contributed by atoms with Crippen LogP contribution >= 0.6 is 11.6 Å². The molecule has 1 aromatic carbocycles. The first-order valence-corrected chi connectivity index (χ1v) is 5.68. The number of nitrogens with one attached hydrogen (secondary N) is 1. The van der Waals surface area contributed by atoms with E-state index in [9.17, 15) is 10.1 Å². The van der Waals surface area contributed by atoms with E-state index in [2.05, 4.69) is 5.32 Å². The summed E-state index contributed by atoms with van der Waals surface area (Å²) in [5.41, 5.74) is 1.30. The van der Waals surface area contributed by atoms with Gasteiger partial charge in [-0.1, -0.05) is 11.6 Å². The van der Waals surface area contributed by atoms with Crippen LogP contribution in [0.15, 0.2) is 41.2 Å². The van der Waals surface area contributed by atoms with E-state index in [0.29, 0.717) is 10.7 Å². The maximum absolute atomic E-state index is 10.9. The fourth-order valence-electron chi connectivity index (χ4n) is 1.62. The summed E-state index contributed by atoms with van der Waals surface area (Å²) < 4.78 is 4.98. The number of hydrogen-bond acceptors (Lipinski definition) is 4. The smallest absolute Gasteiger partial charge is 0.293 e. The molecule has 1 aromatic heterocycles. The molecule has 2 rings (SSSR count). The third-order valence-corrected chi connectivity index (χ3v) is 2.81. The quantitative estimate of drug-likeness (QED) is 0.670. The Balaban J connectivity index is 2.26. The molecule has 0 spiro atoms. The lowest BCUT2D eigenvalue weighted by molar-refractivity contribution is -0.384. The second kappa shape index (κ2) is 5.10. The summed E-state index contributed by atoms with van der Waals surface area (Å²) in [6.07, 6.45) is 3.16. The lowest BCUT2D eigenvalue weighted by atomic mass is 10.1. The van der Waals surface area contributed by atoms with Crippen molar-refractivity contribution in [3.63, 3.8) is 0 Å². The lowest BCUT2D eigenvalue weighted by Crippen LogP contribution is -2.07. The van der Waals surface area contributed by atoms with Gasteiger partial charge in [-0.05, 0) is 25.1 Å².